The topological polar surface area (TPSA) is 61.6 Å². The van der Waals surface area contributed by atoms with E-state index in [0.29, 0.717) is 23.1 Å². The molecule has 2 rings (SSSR count). The molecule has 0 saturated carbocycles. The maximum absolute atomic E-state index is 10.7. The van der Waals surface area contributed by atoms with Crippen molar-refractivity contribution in [3.8, 4) is 0 Å². The van der Waals surface area contributed by atoms with Crippen molar-refractivity contribution in [1.29, 1.82) is 0 Å². The van der Waals surface area contributed by atoms with E-state index in [1.165, 1.54) is 18.2 Å². The number of hydrogen-bond donors (Lipinski definition) is 0. The van der Waals surface area contributed by atoms with Gasteiger partial charge in [-0.3, -0.25) is 10.1 Å². The molecule has 98 valence electrons. The highest BCUT2D eigenvalue weighted by molar-refractivity contribution is 6.31. The van der Waals surface area contributed by atoms with Gasteiger partial charge in [-0.1, -0.05) is 11.6 Å². The summed E-state index contributed by atoms with van der Waals surface area (Å²) < 4.78 is 10.8. The average Bonchev–Trinajstić information content (AvgIpc) is 2.84. The monoisotopic (exact) mass is 271 g/mol. The summed E-state index contributed by atoms with van der Waals surface area (Å²) in [6, 6.07) is 4.36. The number of benzene rings is 1. The number of ether oxygens (including phenoxy) is 2. The molecular weight excluding hydrogens is 258 g/mol. The first-order valence-electron chi connectivity index (χ1n) is 5.75. The van der Waals surface area contributed by atoms with Crippen LogP contribution in [0.25, 0.3) is 0 Å². The van der Waals surface area contributed by atoms with E-state index in [1.54, 1.807) is 0 Å². The van der Waals surface area contributed by atoms with E-state index in [0.717, 1.165) is 19.6 Å². The molecule has 1 aromatic rings. The molecule has 1 unspecified atom stereocenters. The minimum absolute atomic E-state index is 0.0298. The van der Waals surface area contributed by atoms with Crippen molar-refractivity contribution in [3.05, 3.63) is 38.9 Å². The van der Waals surface area contributed by atoms with E-state index in [1.807, 2.05) is 0 Å². The minimum atomic E-state index is -0.440. The van der Waals surface area contributed by atoms with Crippen LogP contribution in [0.15, 0.2) is 18.2 Å². The van der Waals surface area contributed by atoms with E-state index in [-0.39, 0.29) is 12.3 Å². The predicted octanol–water partition coefficient (Wildman–Crippen LogP) is 2.80. The second-order valence-electron chi connectivity index (χ2n) is 4.28. The molecule has 0 N–H and O–H groups in total. The van der Waals surface area contributed by atoms with Gasteiger partial charge in [0.05, 0.1) is 24.7 Å². The highest BCUT2D eigenvalue weighted by atomic mass is 35.5. The first kappa shape index (κ1) is 13.3. The van der Waals surface area contributed by atoms with Crippen LogP contribution in [0.4, 0.5) is 5.69 Å². The molecule has 18 heavy (non-hydrogen) atoms. The van der Waals surface area contributed by atoms with Crippen molar-refractivity contribution >= 4 is 17.3 Å². The Morgan fingerprint density at radius 3 is 3.06 bits per heavy atom. The van der Waals surface area contributed by atoms with Gasteiger partial charge >= 0.3 is 0 Å². The summed E-state index contributed by atoms with van der Waals surface area (Å²) >= 11 is 5.97. The first-order chi connectivity index (χ1) is 8.66. The molecule has 0 bridgehead atoms. The third kappa shape index (κ3) is 3.41. The lowest BCUT2D eigenvalue weighted by molar-refractivity contribution is -0.384. The van der Waals surface area contributed by atoms with Gasteiger partial charge in [0.25, 0.3) is 5.69 Å². The number of hydrogen-bond acceptors (Lipinski definition) is 4. The quantitative estimate of drug-likeness (QED) is 0.610. The summed E-state index contributed by atoms with van der Waals surface area (Å²) in [6.07, 6.45) is 1.00. The van der Waals surface area contributed by atoms with E-state index in [4.69, 9.17) is 21.1 Å². The molecule has 0 aromatic heterocycles. The van der Waals surface area contributed by atoms with Gasteiger partial charge in [-0.2, -0.15) is 0 Å². The molecule has 1 atom stereocenters. The van der Waals surface area contributed by atoms with Crippen molar-refractivity contribution in [1.82, 2.24) is 0 Å². The molecule has 1 aliphatic heterocycles. The number of non-ortho nitro benzene ring substituents is 1. The van der Waals surface area contributed by atoms with Crippen LogP contribution in [0.2, 0.25) is 5.02 Å². The predicted molar refractivity (Wildman–Crippen MR) is 66.7 cm³/mol. The van der Waals surface area contributed by atoms with Gasteiger partial charge in [-0.15, -0.1) is 0 Å². The Hall–Kier alpha value is -1.17. The second kappa shape index (κ2) is 6.13. The van der Waals surface area contributed by atoms with Crippen molar-refractivity contribution < 1.29 is 14.4 Å². The summed E-state index contributed by atoms with van der Waals surface area (Å²) in [5.74, 6) is 0.419. The minimum Gasteiger partial charge on any atom is -0.381 e. The molecule has 1 saturated heterocycles. The molecular formula is C12H14ClNO4. The van der Waals surface area contributed by atoms with Crippen LogP contribution in [0.1, 0.15) is 12.0 Å². The third-order valence-electron chi connectivity index (χ3n) is 2.88. The maximum Gasteiger partial charge on any atom is 0.269 e. The van der Waals surface area contributed by atoms with Crippen molar-refractivity contribution in [2.75, 3.05) is 19.8 Å². The van der Waals surface area contributed by atoms with Gasteiger partial charge in [-0.25, -0.2) is 0 Å². The number of nitrogens with zero attached hydrogens (tertiary/aromatic N) is 1. The molecule has 0 radical (unpaired) electrons. The summed E-state index contributed by atoms with van der Waals surface area (Å²) in [6.45, 7) is 2.39. The van der Waals surface area contributed by atoms with Crippen LogP contribution in [0.3, 0.4) is 0 Å². The van der Waals surface area contributed by atoms with E-state index in [2.05, 4.69) is 0 Å². The Morgan fingerprint density at radius 2 is 2.39 bits per heavy atom. The molecule has 0 amide bonds. The van der Waals surface area contributed by atoms with E-state index < -0.39 is 4.92 Å². The lowest BCUT2D eigenvalue weighted by Gasteiger charge is -2.09. The van der Waals surface area contributed by atoms with Gasteiger partial charge in [-0.05, 0) is 12.5 Å². The van der Waals surface area contributed by atoms with Gasteiger partial charge < -0.3 is 9.47 Å². The smallest absolute Gasteiger partial charge is 0.269 e. The van der Waals surface area contributed by atoms with Crippen molar-refractivity contribution in [3.63, 3.8) is 0 Å². The zero-order valence-corrected chi connectivity index (χ0v) is 10.6. The summed E-state index contributed by atoms with van der Waals surface area (Å²) in [7, 11) is 0. The average molecular weight is 272 g/mol. The van der Waals surface area contributed by atoms with E-state index >= 15 is 0 Å². The molecule has 6 heteroatoms. The largest absolute Gasteiger partial charge is 0.381 e. The van der Waals surface area contributed by atoms with Crippen molar-refractivity contribution in [2.45, 2.75) is 13.0 Å². The number of halogens is 1. The normalized spacial score (nSPS) is 19.1. The Labute approximate surface area is 110 Å². The molecule has 0 spiro atoms. The van der Waals surface area contributed by atoms with E-state index in [9.17, 15) is 10.1 Å². The Kier molecular flexibility index (Phi) is 4.52. The summed E-state index contributed by atoms with van der Waals surface area (Å²) in [4.78, 5) is 10.2. The number of rotatable bonds is 5. The van der Waals surface area contributed by atoms with Crippen LogP contribution >= 0.6 is 11.6 Å². The summed E-state index contributed by atoms with van der Waals surface area (Å²) in [5, 5.41) is 11.1. The standard InChI is InChI=1S/C12H14ClNO4/c13-12-2-1-11(14(15)16)5-10(12)8-18-7-9-3-4-17-6-9/h1-2,5,9H,3-4,6-8H2. The molecule has 0 aliphatic carbocycles. The SMILES string of the molecule is O=[N+]([O-])c1ccc(Cl)c(COCC2CCOC2)c1. The lowest BCUT2D eigenvalue weighted by Crippen LogP contribution is -2.09. The fourth-order valence-electron chi connectivity index (χ4n) is 1.84. The fourth-order valence-corrected chi connectivity index (χ4v) is 2.01. The van der Waals surface area contributed by atoms with Gasteiger partial charge in [0.2, 0.25) is 0 Å². The number of nitro groups is 1. The molecule has 1 heterocycles. The zero-order chi connectivity index (χ0) is 13.0. The maximum atomic E-state index is 10.7. The third-order valence-corrected chi connectivity index (χ3v) is 3.24. The van der Waals surface area contributed by atoms with Crippen LogP contribution in [-0.2, 0) is 16.1 Å². The Bertz CT molecular complexity index is 432. The molecule has 1 fully saturated rings. The van der Waals surface area contributed by atoms with Gasteiger partial charge in [0.15, 0.2) is 0 Å². The molecule has 1 aliphatic rings. The molecule has 1 aromatic carbocycles. The Morgan fingerprint density at radius 1 is 1.56 bits per heavy atom. The van der Waals surface area contributed by atoms with Crippen LogP contribution in [-0.4, -0.2) is 24.7 Å². The second-order valence-corrected chi connectivity index (χ2v) is 4.68. The summed E-state index contributed by atoms with van der Waals surface area (Å²) in [5.41, 5.74) is 0.673. The van der Waals surface area contributed by atoms with Gasteiger partial charge in [0, 0.05) is 35.2 Å². The van der Waals surface area contributed by atoms with Crippen LogP contribution in [0.5, 0.6) is 0 Å². The molecule has 5 nitrogen and oxygen atoms in total. The Balaban J connectivity index is 1.91. The van der Waals surface area contributed by atoms with Crippen molar-refractivity contribution in [2.24, 2.45) is 5.92 Å². The lowest BCUT2D eigenvalue weighted by atomic mass is 10.1. The van der Waals surface area contributed by atoms with Crippen LogP contribution in [0, 0.1) is 16.0 Å². The number of nitro benzene ring substituents is 1. The van der Waals surface area contributed by atoms with Gasteiger partial charge in [0.1, 0.15) is 0 Å². The first-order valence-corrected chi connectivity index (χ1v) is 6.13. The highest BCUT2D eigenvalue weighted by Crippen LogP contribution is 2.23. The van der Waals surface area contributed by atoms with Crippen LogP contribution < -0.4 is 0 Å². The zero-order valence-electron chi connectivity index (χ0n) is 9.80. The highest BCUT2D eigenvalue weighted by Gasteiger charge is 2.16. The fraction of sp³-hybridized carbons (Fsp3) is 0.500.